The van der Waals surface area contributed by atoms with E-state index < -0.39 is 0 Å². The minimum atomic E-state index is 0. The standard InChI is InChI=1S/C19H19BrN2.ClH/c1-22(13-3-4-15-7-9-18(20)10-8-15)14-17-6-2-5-16-11-12-21-19(16)17;/h2-12,21H,13-14H2,1H3;1H/b4-3+;. The molecule has 23 heavy (non-hydrogen) atoms. The monoisotopic (exact) mass is 390 g/mol. The topological polar surface area (TPSA) is 19.0 Å². The lowest BCUT2D eigenvalue weighted by molar-refractivity contribution is 0.365. The third-order valence-electron chi connectivity index (χ3n) is 3.71. The van der Waals surface area contributed by atoms with E-state index in [4.69, 9.17) is 0 Å². The Labute approximate surface area is 151 Å². The minimum absolute atomic E-state index is 0. The maximum atomic E-state index is 3.46. The summed E-state index contributed by atoms with van der Waals surface area (Å²) in [6, 6.07) is 16.9. The van der Waals surface area contributed by atoms with E-state index in [1.165, 1.54) is 22.0 Å². The van der Waals surface area contributed by atoms with E-state index in [9.17, 15) is 0 Å². The molecule has 0 spiro atoms. The molecule has 3 rings (SSSR count). The lowest BCUT2D eigenvalue weighted by atomic mass is 10.1. The number of nitrogens with one attached hydrogen (secondary N) is 1. The van der Waals surface area contributed by atoms with Gasteiger partial charge in [-0.3, -0.25) is 4.90 Å². The maximum absolute atomic E-state index is 3.46. The van der Waals surface area contributed by atoms with Gasteiger partial charge in [-0.2, -0.15) is 0 Å². The predicted octanol–water partition coefficient (Wildman–Crippen LogP) is 5.50. The second-order valence-electron chi connectivity index (χ2n) is 5.51. The summed E-state index contributed by atoms with van der Waals surface area (Å²) >= 11 is 3.46. The summed E-state index contributed by atoms with van der Waals surface area (Å²) < 4.78 is 1.11. The Morgan fingerprint density at radius 3 is 2.65 bits per heavy atom. The van der Waals surface area contributed by atoms with E-state index in [0.717, 1.165) is 17.6 Å². The molecule has 0 radical (unpaired) electrons. The van der Waals surface area contributed by atoms with Crippen LogP contribution in [0.2, 0.25) is 0 Å². The molecule has 0 saturated heterocycles. The Morgan fingerprint density at radius 1 is 1.09 bits per heavy atom. The molecule has 1 N–H and O–H groups in total. The van der Waals surface area contributed by atoms with E-state index in [1.807, 2.05) is 6.20 Å². The average Bonchev–Trinajstić information content (AvgIpc) is 2.99. The van der Waals surface area contributed by atoms with Crippen LogP contribution in [0, 0.1) is 0 Å². The van der Waals surface area contributed by atoms with Crippen LogP contribution >= 0.6 is 28.3 Å². The maximum Gasteiger partial charge on any atom is 0.0499 e. The third kappa shape index (κ3) is 4.71. The Hall–Kier alpha value is -1.55. The molecule has 1 heterocycles. The summed E-state index contributed by atoms with van der Waals surface area (Å²) in [5, 5.41) is 1.27. The number of nitrogens with zero attached hydrogens (tertiary/aromatic N) is 1. The van der Waals surface area contributed by atoms with Crippen molar-refractivity contribution < 1.29 is 0 Å². The number of fused-ring (bicyclic) bond motifs is 1. The van der Waals surface area contributed by atoms with Crippen molar-refractivity contribution in [3.63, 3.8) is 0 Å². The molecule has 0 aliphatic rings. The van der Waals surface area contributed by atoms with Gasteiger partial charge in [0.1, 0.15) is 0 Å². The largest absolute Gasteiger partial charge is 0.361 e. The van der Waals surface area contributed by atoms with Crippen LogP contribution < -0.4 is 0 Å². The van der Waals surface area contributed by atoms with Gasteiger partial charge in [0.15, 0.2) is 0 Å². The van der Waals surface area contributed by atoms with Gasteiger partial charge in [-0.05, 0) is 41.8 Å². The highest BCUT2D eigenvalue weighted by Crippen LogP contribution is 2.18. The molecule has 0 atom stereocenters. The molecule has 0 fully saturated rings. The molecule has 0 unspecified atom stereocenters. The number of aromatic nitrogens is 1. The molecule has 2 nitrogen and oxygen atoms in total. The van der Waals surface area contributed by atoms with Gasteiger partial charge in [0.05, 0.1) is 0 Å². The summed E-state index contributed by atoms with van der Waals surface area (Å²) in [7, 11) is 2.15. The highest BCUT2D eigenvalue weighted by molar-refractivity contribution is 9.10. The zero-order valence-corrected chi connectivity index (χ0v) is 15.4. The fourth-order valence-electron chi connectivity index (χ4n) is 2.58. The van der Waals surface area contributed by atoms with Crippen LogP contribution in [0.5, 0.6) is 0 Å². The normalized spacial score (nSPS) is 11.3. The number of benzene rings is 2. The first-order valence-corrected chi connectivity index (χ1v) is 8.17. The summed E-state index contributed by atoms with van der Waals surface area (Å²) in [5.41, 5.74) is 3.80. The van der Waals surface area contributed by atoms with E-state index in [0.29, 0.717) is 0 Å². The highest BCUT2D eigenvalue weighted by Gasteiger charge is 2.04. The number of likely N-dealkylation sites (N-methyl/N-ethyl adjacent to an activating group) is 1. The molecule has 2 aromatic carbocycles. The SMILES string of the molecule is CN(C/C=C/c1ccc(Br)cc1)Cc1cccc2cc[nH]c12.Cl. The molecule has 0 saturated carbocycles. The fourth-order valence-corrected chi connectivity index (χ4v) is 2.84. The van der Waals surface area contributed by atoms with Crippen LogP contribution in [-0.4, -0.2) is 23.5 Å². The lowest BCUT2D eigenvalue weighted by Gasteiger charge is -2.15. The van der Waals surface area contributed by atoms with Gasteiger partial charge in [-0.1, -0.05) is 58.4 Å². The first-order chi connectivity index (χ1) is 10.7. The van der Waals surface area contributed by atoms with Gasteiger partial charge in [0, 0.05) is 29.3 Å². The van der Waals surface area contributed by atoms with E-state index in [-0.39, 0.29) is 12.4 Å². The van der Waals surface area contributed by atoms with Crippen molar-refractivity contribution in [1.29, 1.82) is 0 Å². The lowest BCUT2D eigenvalue weighted by Crippen LogP contribution is -2.17. The first-order valence-electron chi connectivity index (χ1n) is 7.38. The van der Waals surface area contributed by atoms with Gasteiger partial charge in [0.2, 0.25) is 0 Å². The number of aromatic amines is 1. The Kier molecular flexibility index (Phi) is 6.46. The molecule has 1 aromatic heterocycles. The predicted molar refractivity (Wildman–Crippen MR) is 105 cm³/mol. The fraction of sp³-hybridized carbons (Fsp3) is 0.158. The quantitative estimate of drug-likeness (QED) is 0.608. The Balaban J connectivity index is 0.00000192. The number of hydrogen-bond donors (Lipinski definition) is 1. The Bertz CT molecular complexity index is 777. The molecule has 0 bridgehead atoms. The second kappa shape index (κ2) is 8.34. The number of rotatable bonds is 5. The van der Waals surface area contributed by atoms with Gasteiger partial charge in [0.25, 0.3) is 0 Å². The molecule has 0 aliphatic heterocycles. The van der Waals surface area contributed by atoms with Crippen molar-refractivity contribution >= 4 is 45.3 Å². The van der Waals surface area contributed by atoms with E-state index >= 15 is 0 Å². The molecule has 3 aromatic rings. The van der Waals surface area contributed by atoms with Crippen LogP contribution in [0.4, 0.5) is 0 Å². The van der Waals surface area contributed by atoms with Crippen LogP contribution in [0.3, 0.4) is 0 Å². The Morgan fingerprint density at radius 2 is 1.87 bits per heavy atom. The first kappa shape index (κ1) is 17.8. The molecular weight excluding hydrogens is 372 g/mol. The van der Waals surface area contributed by atoms with Crippen molar-refractivity contribution in [2.75, 3.05) is 13.6 Å². The van der Waals surface area contributed by atoms with Crippen molar-refractivity contribution in [2.24, 2.45) is 0 Å². The van der Waals surface area contributed by atoms with Crippen LogP contribution in [-0.2, 0) is 6.54 Å². The third-order valence-corrected chi connectivity index (χ3v) is 4.24. The average molecular weight is 392 g/mol. The summed E-state index contributed by atoms with van der Waals surface area (Å²) in [5.74, 6) is 0. The van der Waals surface area contributed by atoms with E-state index in [2.05, 4.69) is 93.5 Å². The minimum Gasteiger partial charge on any atom is -0.361 e. The smallest absolute Gasteiger partial charge is 0.0499 e. The van der Waals surface area contributed by atoms with Crippen LogP contribution in [0.25, 0.3) is 17.0 Å². The van der Waals surface area contributed by atoms with Gasteiger partial charge >= 0.3 is 0 Å². The van der Waals surface area contributed by atoms with Crippen molar-refractivity contribution in [3.8, 4) is 0 Å². The van der Waals surface area contributed by atoms with Gasteiger partial charge in [-0.25, -0.2) is 0 Å². The van der Waals surface area contributed by atoms with Crippen LogP contribution in [0.15, 0.2) is 65.3 Å². The van der Waals surface area contributed by atoms with Crippen LogP contribution in [0.1, 0.15) is 11.1 Å². The van der Waals surface area contributed by atoms with E-state index in [1.54, 1.807) is 0 Å². The molecular formula is C19H20BrClN2. The molecule has 0 aliphatic carbocycles. The molecule has 4 heteroatoms. The number of para-hydroxylation sites is 1. The summed E-state index contributed by atoms with van der Waals surface area (Å²) in [4.78, 5) is 5.64. The van der Waals surface area contributed by atoms with Crippen molar-refractivity contribution in [1.82, 2.24) is 9.88 Å². The summed E-state index contributed by atoms with van der Waals surface area (Å²) in [6.07, 6.45) is 6.37. The highest BCUT2D eigenvalue weighted by atomic mass is 79.9. The second-order valence-corrected chi connectivity index (χ2v) is 6.43. The number of H-pyrrole nitrogens is 1. The number of halogens is 2. The number of hydrogen-bond acceptors (Lipinski definition) is 1. The molecule has 120 valence electrons. The van der Waals surface area contributed by atoms with Crippen molar-refractivity contribution in [2.45, 2.75) is 6.54 Å². The summed E-state index contributed by atoms with van der Waals surface area (Å²) in [6.45, 7) is 1.86. The zero-order chi connectivity index (χ0) is 15.4. The van der Waals surface area contributed by atoms with Gasteiger partial charge < -0.3 is 4.98 Å². The van der Waals surface area contributed by atoms with Gasteiger partial charge in [-0.15, -0.1) is 12.4 Å². The zero-order valence-electron chi connectivity index (χ0n) is 13.0. The van der Waals surface area contributed by atoms with Crippen molar-refractivity contribution in [3.05, 3.63) is 76.4 Å². The molecule has 0 amide bonds.